The van der Waals surface area contributed by atoms with E-state index in [0.717, 1.165) is 52.9 Å². The van der Waals surface area contributed by atoms with Crippen molar-refractivity contribution in [3.63, 3.8) is 0 Å². The van der Waals surface area contributed by atoms with Gasteiger partial charge >= 0.3 is 5.97 Å². The number of nitrogens with zero attached hydrogens (tertiary/aromatic N) is 1. The molecule has 8 nitrogen and oxygen atoms in total. The van der Waals surface area contributed by atoms with Crippen molar-refractivity contribution < 1.29 is 29.3 Å². The van der Waals surface area contributed by atoms with E-state index in [9.17, 15) is 14.7 Å². The average molecular weight is 587 g/mol. The summed E-state index contributed by atoms with van der Waals surface area (Å²) in [5, 5.41) is 21.1. The zero-order valence-corrected chi connectivity index (χ0v) is 24.8. The number of hydrogen-bond donors (Lipinski definition) is 3. The number of amides is 1. The molecule has 1 aliphatic rings. The van der Waals surface area contributed by atoms with Crippen LogP contribution in [0.4, 0.5) is 0 Å². The van der Waals surface area contributed by atoms with Crippen molar-refractivity contribution >= 4 is 11.9 Å². The SMILES string of the molecule is C=CCN(C)C[C@H]1C[C@@H](c2ccc(CO)cc2)O[C@@H](c2ccc(-c3cccc(CNC(=O)CCCCC(=O)O)c3)cc2)O1. The van der Waals surface area contributed by atoms with Crippen LogP contribution in [-0.4, -0.2) is 53.2 Å². The molecule has 3 aromatic rings. The van der Waals surface area contributed by atoms with Crippen LogP contribution in [0.2, 0.25) is 0 Å². The molecule has 3 N–H and O–H groups in total. The fraction of sp³-hybridized carbons (Fsp3) is 0.371. The van der Waals surface area contributed by atoms with Gasteiger partial charge in [0, 0.05) is 44.5 Å². The molecule has 1 heterocycles. The summed E-state index contributed by atoms with van der Waals surface area (Å²) in [7, 11) is 2.05. The molecule has 4 rings (SSSR count). The normalized spacial score (nSPS) is 18.3. The number of aliphatic hydroxyl groups is 1. The monoisotopic (exact) mass is 586 g/mol. The molecule has 0 unspecified atom stereocenters. The molecule has 0 saturated carbocycles. The zero-order chi connectivity index (χ0) is 30.6. The first-order chi connectivity index (χ1) is 20.8. The number of benzene rings is 3. The second-order valence-corrected chi connectivity index (χ2v) is 11.1. The molecular weight excluding hydrogens is 544 g/mol. The standard InChI is InChI=1S/C35H42N2O6/c1-3-19-37(2)23-31-21-32(28-13-11-25(24-38)12-14-28)43-35(42-31)29-17-15-27(16-18-29)30-8-6-7-26(20-30)22-36-33(39)9-4-5-10-34(40)41/h3,6-8,11-18,20,31-32,35,38H,1,4-5,9-10,19,21-24H2,2H3,(H,36,39)(H,40,41)/t31-,32+,35+/m1/s1. The van der Waals surface area contributed by atoms with Gasteiger partial charge in [-0.3, -0.25) is 9.59 Å². The van der Waals surface area contributed by atoms with E-state index < -0.39 is 12.3 Å². The molecule has 1 aliphatic heterocycles. The van der Waals surface area contributed by atoms with Gasteiger partial charge in [0.1, 0.15) is 0 Å². The van der Waals surface area contributed by atoms with Gasteiger partial charge in [-0.15, -0.1) is 6.58 Å². The highest BCUT2D eigenvalue weighted by Gasteiger charge is 2.32. The van der Waals surface area contributed by atoms with Gasteiger partial charge < -0.3 is 29.9 Å². The van der Waals surface area contributed by atoms with Crippen LogP contribution in [0, 0.1) is 0 Å². The van der Waals surface area contributed by atoms with Crippen LogP contribution in [-0.2, 0) is 32.2 Å². The number of carbonyl (C=O) groups excluding carboxylic acids is 1. The van der Waals surface area contributed by atoms with Crippen molar-refractivity contribution in [3.8, 4) is 11.1 Å². The number of carboxylic acids is 1. The van der Waals surface area contributed by atoms with Gasteiger partial charge in [0.25, 0.3) is 0 Å². The van der Waals surface area contributed by atoms with Gasteiger partial charge in [-0.05, 0) is 53.8 Å². The molecule has 1 saturated heterocycles. The first-order valence-electron chi connectivity index (χ1n) is 14.8. The van der Waals surface area contributed by atoms with Crippen LogP contribution in [0.3, 0.4) is 0 Å². The lowest BCUT2D eigenvalue weighted by Gasteiger charge is -2.37. The Labute approximate surface area is 254 Å². The molecule has 1 fully saturated rings. The lowest BCUT2D eigenvalue weighted by Crippen LogP contribution is -2.37. The molecule has 8 heteroatoms. The van der Waals surface area contributed by atoms with Gasteiger partial charge in [-0.2, -0.15) is 0 Å². The minimum atomic E-state index is -0.838. The number of rotatable bonds is 15. The quantitative estimate of drug-likeness (QED) is 0.153. The molecule has 1 amide bonds. The van der Waals surface area contributed by atoms with Gasteiger partial charge in [-0.1, -0.05) is 72.8 Å². The Bertz CT molecular complexity index is 1340. The Morgan fingerprint density at radius 1 is 0.953 bits per heavy atom. The van der Waals surface area contributed by atoms with Crippen LogP contribution in [0.25, 0.3) is 11.1 Å². The van der Waals surface area contributed by atoms with Crippen molar-refractivity contribution in [2.75, 3.05) is 20.1 Å². The van der Waals surface area contributed by atoms with E-state index in [1.165, 1.54) is 0 Å². The minimum Gasteiger partial charge on any atom is -0.481 e. The van der Waals surface area contributed by atoms with E-state index in [1.54, 1.807) is 0 Å². The van der Waals surface area contributed by atoms with Gasteiger partial charge in [-0.25, -0.2) is 0 Å². The third-order valence-electron chi connectivity index (χ3n) is 7.55. The maximum atomic E-state index is 12.2. The van der Waals surface area contributed by atoms with Crippen molar-refractivity contribution in [2.45, 2.75) is 63.8 Å². The predicted molar refractivity (Wildman–Crippen MR) is 166 cm³/mol. The number of carbonyl (C=O) groups is 2. The van der Waals surface area contributed by atoms with Crippen LogP contribution in [0.5, 0.6) is 0 Å². The number of ether oxygens (including phenoxy) is 2. The molecule has 228 valence electrons. The summed E-state index contributed by atoms with van der Waals surface area (Å²) in [6.45, 7) is 5.79. The van der Waals surface area contributed by atoms with Crippen molar-refractivity contribution in [1.82, 2.24) is 10.2 Å². The first-order valence-corrected chi connectivity index (χ1v) is 14.8. The molecule has 43 heavy (non-hydrogen) atoms. The largest absolute Gasteiger partial charge is 0.481 e. The Morgan fingerprint density at radius 2 is 1.67 bits per heavy atom. The Balaban J connectivity index is 1.41. The Hall–Kier alpha value is -3.82. The van der Waals surface area contributed by atoms with Gasteiger partial charge in [0.2, 0.25) is 5.91 Å². The topological polar surface area (TPSA) is 108 Å². The summed E-state index contributed by atoms with van der Waals surface area (Å²) < 4.78 is 12.9. The molecular formula is C35H42N2O6. The van der Waals surface area contributed by atoms with Gasteiger partial charge in [0.05, 0.1) is 18.8 Å². The zero-order valence-electron chi connectivity index (χ0n) is 24.8. The fourth-order valence-electron chi connectivity index (χ4n) is 5.22. The number of unbranched alkanes of at least 4 members (excludes halogenated alkanes) is 1. The second-order valence-electron chi connectivity index (χ2n) is 11.1. The highest BCUT2D eigenvalue weighted by atomic mass is 16.7. The summed E-state index contributed by atoms with van der Waals surface area (Å²) >= 11 is 0. The predicted octanol–water partition coefficient (Wildman–Crippen LogP) is 5.77. The Kier molecular flexibility index (Phi) is 12.1. The van der Waals surface area contributed by atoms with Crippen LogP contribution < -0.4 is 5.32 Å². The summed E-state index contributed by atoms with van der Waals surface area (Å²) in [6, 6.07) is 24.1. The fourth-order valence-corrected chi connectivity index (χ4v) is 5.22. The molecule has 0 aliphatic carbocycles. The molecule has 0 spiro atoms. The molecule has 3 aromatic carbocycles. The first kappa shape index (κ1) is 32.1. The number of nitrogens with one attached hydrogen (secondary N) is 1. The van der Waals surface area contributed by atoms with Gasteiger partial charge in [0.15, 0.2) is 6.29 Å². The van der Waals surface area contributed by atoms with E-state index in [0.29, 0.717) is 25.8 Å². The third-order valence-corrected chi connectivity index (χ3v) is 7.55. The van der Waals surface area contributed by atoms with E-state index in [1.807, 2.05) is 60.7 Å². The maximum absolute atomic E-state index is 12.2. The lowest BCUT2D eigenvalue weighted by molar-refractivity contribution is -0.252. The van der Waals surface area contributed by atoms with E-state index in [-0.39, 0.29) is 31.1 Å². The molecule has 0 radical (unpaired) electrons. The van der Waals surface area contributed by atoms with E-state index in [4.69, 9.17) is 14.6 Å². The maximum Gasteiger partial charge on any atom is 0.303 e. The summed E-state index contributed by atoms with van der Waals surface area (Å²) in [6.07, 6.45) is 3.37. The van der Waals surface area contributed by atoms with Crippen molar-refractivity contribution in [3.05, 3.63) is 108 Å². The van der Waals surface area contributed by atoms with E-state index in [2.05, 4.69) is 42.0 Å². The highest BCUT2D eigenvalue weighted by molar-refractivity contribution is 5.76. The molecule has 0 bridgehead atoms. The summed E-state index contributed by atoms with van der Waals surface area (Å²) in [4.78, 5) is 25.0. The third kappa shape index (κ3) is 9.86. The van der Waals surface area contributed by atoms with Crippen molar-refractivity contribution in [1.29, 1.82) is 0 Å². The molecule has 3 atom stereocenters. The van der Waals surface area contributed by atoms with Crippen molar-refractivity contribution in [2.24, 2.45) is 0 Å². The number of likely N-dealkylation sites (N-methyl/N-ethyl adjacent to an activating group) is 1. The minimum absolute atomic E-state index is 0.00654. The number of aliphatic carboxylic acids is 1. The molecule has 0 aromatic heterocycles. The highest BCUT2D eigenvalue weighted by Crippen LogP contribution is 2.38. The smallest absolute Gasteiger partial charge is 0.303 e. The number of aliphatic hydroxyl groups excluding tert-OH is 1. The van der Waals surface area contributed by atoms with Crippen LogP contribution >= 0.6 is 0 Å². The van der Waals surface area contributed by atoms with Crippen LogP contribution in [0.15, 0.2) is 85.5 Å². The number of hydrogen-bond acceptors (Lipinski definition) is 6. The lowest BCUT2D eigenvalue weighted by atomic mass is 9.99. The summed E-state index contributed by atoms with van der Waals surface area (Å²) in [5.41, 5.74) is 5.92. The second kappa shape index (κ2) is 16.1. The van der Waals surface area contributed by atoms with E-state index >= 15 is 0 Å². The Morgan fingerprint density at radius 3 is 2.37 bits per heavy atom. The number of carboxylic acid groups (broad SMARTS) is 1. The average Bonchev–Trinajstić information content (AvgIpc) is 3.02. The summed E-state index contributed by atoms with van der Waals surface area (Å²) in [5.74, 6) is -0.918. The van der Waals surface area contributed by atoms with Crippen LogP contribution in [0.1, 0.15) is 66.8 Å².